The van der Waals surface area contributed by atoms with Gasteiger partial charge in [-0.15, -0.1) is 0 Å². The van der Waals surface area contributed by atoms with Crippen LogP contribution >= 0.6 is 0 Å². The topological polar surface area (TPSA) is 175 Å². The van der Waals surface area contributed by atoms with Crippen LogP contribution in [-0.4, -0.2) is 100 Å². The molecule has 0 radical (unpaired) electrons. The molecule has 1 aliphatic heterocycles. The molecule has 1 fully saturated rings. The van der Waals surface area contributed by atoms with Crippen LogP contribution in [0.5, 0.6) is 0 Å². The molecule has 0 saturated carbocycles. The number of aliphatic hydroxyl groups excluding tert-OH is 5. The van der Waals surface area contributed by atoms with E-state index in [1.54, 1.807) is 6.08 Å². The van der Waals surface area contributed by atoms with E-state index < -0.39 is 49.5 Å². The fourth-order valence-corrected chi connectivity index (χ4v) is 8.48. The molecule has 0 spiro atoms. The normalized spacial score (nSPS) is 19.7. The summed E-state index contributed by atoms with van der Waals surface area (Å²) in [6.07, 6.45) is 51.8. The van der Waals surface area contributed by atoms with Gasteiger partial charge in [0, 0.05) is 12.8 Å². The van der Waals surface area contributed by atoms with Gasteiger partial charge < -0.3 is 45.1 Å². The SMILES string of the molecule is CCC/C=C\C/C=C\CCCCCCCC(=O)OCCCCCCCCCCC/C=C\CCCCCCCCCC(=O)NC(COC1OC(CO)C(O)C(O)C1O)C(O)/C=C/CC/C=C/CCCCC. The Hall–Kier alpha value is -2.64. The zero-order valence-corrected chi connectivity index (χ0v) is 44.5. The zero-order valence-electron chi connectivity index (χ0n) is 44.5. The third kappa shape index (κ3) is 38.0. The maximum Gasteiger partial charge on any atom is 0.305 e. The van der Waals surface area contributed by atoms with Gasteiger partial charge in [0.2, 0.25) is 5.91 Å². The third-order valence-corrected chi connectivity index (χ3v) is 13.1. The Morgan fingerprint density at radius 1 is 0.529 bits per heavy atom. The van der Waals surface area contributed by atoms with Crippen LogP contribution in [-0.2, 0) is 23.8 Å². The van der Waals surface area contributed by atoms with Crippen LogP contribution in [0.25, 0.3) is 0 Å². The Labute approximate surface area is 427 Å². The maximum absolute atomic E-state index is 13.0. The molecule has 0 aromatic carbocycles. The molecule has 406 valence electrons. The Bertz CT molecular complexity index is 1350. The van der Waals surface area contributed by atoms with E-state index in [0.717, 1.165) is 89.9 Å². The number of esters is 1. The summed E-state index contributed by atoms with van der Waals surface area (Å²) in [6, 6.07) is -0.834. The number of unbranched alkanes of at least 4 members (excludes halogenated alkanes) is 26. The number of hydrogen-bond donors (Lipinski definition) is 6. The van der Waals surface area contributed by atoms with Crippen molar-refractivity contribution in [2.75, 3.05) is 19.8 Å². The molecule has 7 unspecified atom stereocenters. The van der Waals surface area contributed by atoms with Crippen molar-refractivity contribution in [1.29, 1.82) is 0 Å². The van der Waals surface area contributed by atoms with Gasteiger partial charge in [0.1, 0.15) is 24.4 Å². The summed E-state index contributed by atoms with van der Waals surface area (Å²) in [7, 11) is 0. The van der Waals surface area contributed by atoms with Crippen LogP contribution in [0.3, 0.4) is 0 Å². The molecule has 0 aliphatic carbocycles. The fraction of sp³-hybridized carbons (Fsp3) is 0.797. The number of nitrogens with one attached hydrogen (secondary N) is 1. The van der Waals surface area contributed by atoms with E-state index in [1.165, 1.54) is 122 Å². The Morgan fingerprint density at radius 3 is 1.56 bits per heavy atom. The van der Waals surface area contributed by atoms with Crippen molar-refractivity contribution in [2.45, 2.75) is 281 Å². The second-order valence-electron chi connectivity index (χ2n) is 19.6. The molecule has 1 aliphatic rings. The number of ether oxygens (including phenoxy) is 3. The first-order valence-electron chi connectivity index (χ1n) is 28.6. The predicted octanol–water partition coefficient (Wildman–Crippen LogP) is 12.7. The third-order valence-electron chi connectivity index (χ3n) is 13.1. The van der Waals surface area contributed by atoms with Crippen molar-refractivity contribution in [2.24, 2.45) is 0 Å². The molecule has 0 aromatic heterocycles. The molecular weight excluding hydrogens is 883 g/mol. The molecule has 1 rings (SSSR count). The van der Waals surface area contributed by atoms with E-state index in [0.29, 0.717) is 19.4 Å². The van der Waals surface area contributed by atoms with E-state index in [2.05, 4.69) is 67.8 Å². The molecule has 1 heterocycles. The second-order valence-corrected chi connectivity index (χ2v) is 19.6. The zero-order chi connectivity index (χ0) is 51.0. The highest BCUT2D eigenvalue weighted by Gasteiger charge is 2.44. The van der Waals surface area contributed by atoms with Gasteiger partial charge >= 0.3 is 5.97 Å². The van der Waals surface area contributed by atoms with Gasteiger partial charge in [-0.25, -0.2) is 0 Å². The fourth-order valence-electron chi connectivity index (χ4n) is 8.48. The molecule has 11 heteroatoms. The van der Waals surface area contributed by atoms with E-state index in [1.807, 2.05) is 6.08 Å². The lowest BCUT2D eigenvalue weighted by molar-refractivity contribution is -0.302. The van der Waals surface area contributed by atoms with E-state index >= 15 is 0 Å². The monoisotopic (exact) mass is 988 g/mol. The van der Waals surface area contributed by atoms with Crippen molar-refractivity contribution in [3.05, 3.63) is 60.8 Å². The second kappa shape index (κ2) is 48.6. The molecule has 6 N–H and O–H groups in total. The van der Waals surface area contributed by atoms with E-state index in [9.17, 15) is 35.1 Å². The molecule has 0 bridgehead atoms. The van der Waals surface area contributed by atoms with Gasteiger partial charge in [0.15, 0.2) is 6.29 Å². The number of carbonyl (C=O) groups is 2. The van der Waals surface area contributed by atoms with Crippen molar-refractivity contribution in [3.63, 3.8) is 0 Å². The van der Waals surface area contributed by atoms with Crippen LogP contribution in [0.4, 0.5) is 0 Å². The molecule has 11 nitrogen and oxygen atoms in total. The highest BCUT2D eigenvalue weighted by molar-refractivity contribution is 5.76. The Kier molecular flexibility index (Phi) is 45.4. The number of rotatable bonds is 48. The summed E-state index contributed by atoms with van der Waals surface area (Å²) in [4.78, 5) is 25.0. The maximum atomic E-state index is 13.0. The number of carbonyl (C=O) groups excluding carboxylic acids is 2. The summed E-state index contributed by atoms with van der Waals surface area (Å²) >= 11 is 0. The highest BCUT2D eigenvalue weighted by Crippen LogP contribution is 2.23. The smallest absolute Gasteiger partial charge is 0.305 e. The lowest BCUT2D eigenvalue weighted by Gasteiger charge is -2.40. The van der Waals surface area contributed by atoms with Gasteiger partial charge in [-0.05, 0) is 96.3 Å². The minimum atomic E-state index is -1.58. The number of amides is 1. The van der Waals surface area contributed by atoms with Crippen molar-refractivity contribution >= 4 is 11.9 Å². The lowest BCUT2D eigenvalue weighted by Crippen LogP contribution is -2.60. The first kappa shape index (κ1) is 65.4. The van der Waals surface area contributed by atoms with Crippen molar-refractivity contribution < 1.29 is 49.3 Å². The van der Waals surface area contributed by atoms with Crippen LogP contribution < -0.4 is 5.32 Å². The predicted molar refractivity (Wildman–Crippen MR) is 287 cm³/mol. The summed E-state index contributed by atoms with van der Waals surface area (Å²) < 4.78 is 16.6. The van der Waals surface area contributed by atoms with Gasteiger partial charge in [-0.2, -0.15) is 0 Å². The minimum Gasteiger partial charge on any atom is -0.466 e. The van der Waals surface area contributed by atoms with Crippen molar-refractivity contribution in [1.82, 2.24) is 5.32 Å². The van der Waals surface area contributed by atoms with Crippen molar-refractivity contribution in [3.8, 4) is 0 Å². The van der Waals surface area contributed by atoms with Crippen LogP contribution in [0.2, 0.25) is 0 Å². The summed E-state index contributed by atoms with van der Waals surface area (Å²) in [6.45, 7) is 4.18. The van der Waals surface area contributed by atoms with Crippen LogP contribution in [0.15, 0.2) is 60.8 Å². The van der Waals surface area contributed by atoms with Crippen LogP contribution in [0.1, 0.15) is 239 Å². The average Bonchev–Trinajstić information content (AvgIpc) is 3.36. The lowest BCUT2D eigenvalue weighted by atomic mass is 9.99. The number of allylic oxidation sites excluding steroid dienone is 9. The largest absolute Gasteiger partial charge is 0.466 e. The van der Waals surface area contributed by atoms with E-state index in [-0.39, 0.29) is 18.5 Å². The number of hydrogen-bond acceptors (Lipinski definition) is 10. The molecular formula is C59H105NO10. The highest BCUT2D eigenvalue weighted by atomic mass is 16.7. The Balaban J connectivity index is 2.05. The molecule has 70 heavy (non-hydrogen) atoms. The minimum absolute atomic E-state index is 0.0248. The molecule has 0 aromatic rings. The average molecular weight is 988 g/mol. The number of aliphatic hydroxyl groups is 5. The first-order chi connectivity index (χ1) is 34.2. The van der Waals surface area contributed by atoms with Gasteiger partial charge in [0.25, 0.3) is 0 Å². The van der Waals surface area contributed by atoms with Gasteiger partial charge in [-0.1, -0.05) is 190 Å². The molecule has 1 saturated heterocycles. The summed E-state index contributed by atoms with van der Waals surface area (Å²) in [5.74, 6) is -0.230. The molecule has 1 amide bonds. The first-order valence-corrected chi connectivity index (χ1v) is 28.6. The van der Waals surface area contributed by atoms with Gasteiger partial charge in [0.05, 0.1) is 32.0 Å². The van der Waals surface area contributed by atoms with Crippen LogP contribution in [0, 0.1) is 0 Å². The Morgan fingerprint density at radius 2 is 1.00 bits per heavy atom. The quantitative estimate of drug-likeness (QED) is 0.0196. The van der Waals surface area contributed by atoms with Gasteiger partial charge in [-0.3, -0.25) is 9.59 Å². The summed E-state index contributed by atoms with van der Waals surface area (Å²) in [5.41, 5.74) is 0. The standard InChI is InChI=1S/C59H105NO10/c1-3-5-7-9-11-13-14-23-27-31-35-39-43-47-55(64)68-48-44-40-36-32-28-25-22-20-18-16-15-17-19-21-24-26-30-34-38-42-46-54(63)60-51(52(62)45-41-37-33-29-12-10-8-6-4-2)50-69-59-58(67)57(66)56(65)53(49-61)70-59/h7,9,12-15,17,29,41,45,51-53,56-59,61-62,65-67H,3-6,8,10-11,16,18-28,30-40,42-44,46-50H2,1-2H3,(H,60,63)/b9-7-,14-13-,17-15-,29-12+,45-41+. The summed E-state index contributed by atoms with van der Waals surface area (Å²) in [5, 5.41) is 54.1. The molecule has 7 atom stereocenters. The van der Waals surface area contributed by atoms with E-state index in [4.69, 9.17) is 14.2 Å².